The molecule has 0 aliphatic heterocycles. The Bertz CT molecular complexity index is 538. The van der Waals surface area contributed by atoms with Gasteiger partial charge in [0.15, 0.2) is 0 Å². The third-order valence-corrected chi connectivity index (χ3v) is 2.74. The molecule has 0 saturated heterocycles. The minimum atomic E-state index is -0.0338. The van der Waals surface area contributed by atoms with Crippen LogP contribution in [-0.2, 0) is 16.1 Å². The summed E-state index contributed by atoms with van der Waals surface area (Å²) in [5.41, 5.74) is 2.13. The molecule has 0 aliphatic carbocycles. The summed E-state index contributed by atoms with van der Waals surface area (Å²) in [6.07, 6.45) is 3.71. The number of carbonyl (C=O) groups excluding carboxylic acids is 1. The summed E-state index contributed by atoms with van der Waals surface area (Å²) in [6, 6.07) is 5.90. The van der Waals surface area contributed by atoms with Crippen LogP contribution < -0.4 is 10.6 Å². The molecule has 0 unspecified atom stereocenters. The number of rotatable bonds is 7. The Labute approximate surface area is 111 Å². The molecule has 2 aromatic rings. The lowest BCUT2D eigenvalue weighted by Gasteiger charge is -2.05. The first-order valence-electron chi connectivity index (χ1n) is 6.19. The van der Waals surface area contributed by atoms with E-state index in [0.717, 1.165) is 11.1 Å². The van der Waals surface area contributed by atoms with Crippen LogP contribution in [0.15, 0.2) is 30.6 Å². The van der Waals surface area contributed by atoms with Gasteiger partial charge in [-0.3, -0.25) is 4.79 Å². The van der Waals surface area contributed by atoms with E-state index >= 15 is 0 Å². The number of methoxy groups -OCH3 is 1. The van der Waals surface area contributed by atoms with Crippen LogP contribution >= 0.6 is 0 Å². The zero-order valence-corrected chi connectivity index (χ0v) is 10.9. The molecule has 0 saturated carbocycles. The second kappa shape index (κ2) is 6.86. The van der Waals surface area contributed by atoms with Crippen molar-refractivity contribution in [3.05, 3.63) is 36.2 Å². The third-order valence-electron chi connectivity index (χ3n) is 2.74. The smallest absolute Gasteiger partial charge is 0.234 e. The maximum absolute atomic E-state index is 11.5. The van der Waals surface area contributed by atoms with E-state index in [1.54, 1.807) is 7.11 Å². The van der Waals surface area contributed by atoms with E-state index in [-0.39, 0.29) is 12.5 Å². The zero-order chi connectivity index (χ0) is 13.5. The van der Waals surface area contributed by atoms with Crippen molar-refractivity contribution in [2.75, 3.05) is 26.8 Å². The molecule has 2 N–H and O–H groups in total. The number of nitrogens with one attached hydrogen (secondary N) is 2. The van der Waals surface area contributed by atoms with E-state index in [1.807, 2.05) is 35.1 Å². The fourth-order valence-electron chi connectivity index (χ4n) is 1.79. The van der Waals surface area contributed by atoms with Crippen molar-refractivity contribution in [3.63, 3.8) is 0 Å². The van der Waals surface area contributed by atoms with Crippen LogP contribution in [-0.4, -0.2) is 42.3 Å². The van der Waals surface area contributed by atoms with E-state index in [1.165, 1.54) is 0 Å². The van der Waals surface area contributed by atoms with Gasteiger partial charge in [0.1, 0.15) is 0 Å². The summed E-state index contributed by atoms with van der Waals surface area (Å²) in [5.74, 6) is -0.0338. The first kappa shape index (κ1) is 13.5. The Morgan fingerprint density at radius 2 is 2.37 bits per heavy atom. The van der Waals surface area contributed by atoms with Crippen molar-refractivity contribution >= 4 is 11.4 Å². The number of amides is 1. The molecule has 2 rings (SSSR count). The average Bonchev–Trinajstić information content (AvgIpc) is 2.83. The van der Waals surface area contributed by atoms with Gasteiger partial charge in [0.05, 0.1) is 24.9 Å². The highest BCUT2D eigenvalue weighted by Gasteiger charge is 2.04. The molecule has 6 nitrogen and oxygen atoms in total. The monoisotopic (exact) mass is 262 g/mol. The molecule has 0 bridgehead atoms. The van der Waals surface area contributed by atoms with Crippen LogP contribution in [0.4, 0.5) is 0 Å². The summed E-state index contributed by atoms with van der Waals surface area (Å²) < 4.78 is 6.67. The summed E-state index contributed by atoms with van der Waals surface area (Å²) in [7, 11) is 1.61. The standard InChI is InChI=1S/C13H18N4O2/c1-19-7-5-15-13(18)10-14-8-11-9-16-17-6-3-2-4-12(11)17/h2-4,6,9,14H,5,7-8,10H2,1H3,(H,15,18). The van der Waals surface area contributed by atoms with Crippen LogP contribution in [0, 0.1) is 0 Å². The Morgan fingerprint density at radius 3 is 3.21 bits per heavy atom. The first-order valence-corrected chi connectivity index (χ1v) is 6.19. The van der Waals surface area contributed by atoms with Crippen molar-refractivity contribution in [1.82, 2.24) is 20.2 Å². The van der Waals surface area contributed by atoms with Crippen molar-refractivity contribution in [2.24, 2.45) is 0 Å². The van der Waals surface area contributed by atoms with Gasteiger partial charge in [-0.15, -0.1) is 0 Å². The lowest BCUT2D eigenvalue weighted by atomic mass is 10.2. The van der Waals surface area contributed by atoms with Crippen LogP contribution in [0.3, 0.4) is 0 Å². The van der Waals surface area contributed by atoms with Crippen molar-refractivity contribution < 1.29 is 9.53 Å². The molecule has 0 aliphatic rings. The van der Waals surface area contributed by atoms with Crippen molar-refractivity contribution in [1.29, 1.82) is 0 Å². The SMILES string of the molecule is COCCNC(=O)CNCc1cnn2ccccc12. The van der Waals surface area contributed by atoms with E-state index in [2.05, 4.69) is 15.7 Å². The molecule has 0 radical (unpaired) electrons. The van der Waals surface area contributed by atoms with Gasteiger partial charge in [-0.25, -0.2) is 4.52 Å². The number of ether oxygens (including phenoxy) is 1. The molecule has 6 heteroatoms. The molecule has 2 aromatic heterocycles. The third kappa shape index (κ3) is 3.77. The van der Waals surface area contributed by atoms with Gasteiger partial charge in [0.25, 0.3) is 0 Å². The Balaban J connectivity index is 1.78. The largest absolute Gasteiger partial charge is 0.383 e. The molecular weight excluding hydrogens is 244 g/mol. The molecule has 0 fully saturated rings. The number of hydrogen-bond acceptors (Lipinski definition) is 4. The molecule has 102 valence electrons. The van der Waals surface area contributed by atoms with Gasteiger partial charge in [0.2, 0.25) is 5.91 Å². The highest BCUT2D eigenvalue weighted by Crippen LogP contribution is 2.08. The fraction of sp³-hybridized carbons (Fsp3) is 0.385. The van der Waals surface area contributed by atoms with Gasteiger partial charge in [-0.1, -0.05) is 6.07 Å². The number of fused-ring (bicyclic) bond motifs is 1. The molecule has 0 spiro atoms. The second-order valence-electron chi connectivity index (χ2n) is 4.15. The lowest BCUT2D eigenvalue weighted by molar-refractivity contribution is -0.120. The van der Waals surface area contributed by atoms with Gasteiger partial charge in [-0.05, 0) is 12.1 Å². The minimum absolute atomic E-state index is 0.0338. The molecule has 1 amide bonds. The number of hydrogen-bond donors (Lipinski definition) is 2. The number of carbonyl (C=O) groups is 1. The summed E-state index contributed by atoms with van der Waals surface area (Å²) in [4.78, 5) is 11.5. The van der Waals surface area contributed by atoms with E-state index in [4.69, 9.17) is 4.74 Å². The number of pyridine rings is 1. The molecule has 0 aromatic carbocycles. The topological polar surface area (TPSA) is 67.7 Å². The fourth-order valence-corrected chi connectivity index (χ4v) is 1.79. The Hall–Kier alpha value is -1.92. The first-order chi connectivity index (χ1) is 9.31. The maximum atomic E-state index is 11.5. The van der Waals surface area contributed by atoms with Crippen molar-refractivity contribution in [2.45, 2.75) is 6.54 Å². The lowest BCUT2D eigenvalue weighted by Crippen LogP contribution is -2.35. The van der Waals surface area contributed by atoms with Gasteiger partial charge >= 0.3 is 0 Å². The number of aromatic nitrogens is 2. The molecular formula is C13H18N4O2. The van der Waals surface area contributed by atoms with Crippen LogP contribution in [0.1, 0.15) is 5.56 Å². The zero-order valence-electron chi connectivity index (χ0n) is 10.9. The quantitative estimate of drug-likeness (QED) is 0.699. The van der Waals surface area contributed by atoms with E-state index in [9.17, 15) is 4.79 Å². The normalized spacial score (nSPS) is 10.8. The second-order valence-corrected chi connectivity index (χ2v) is 4.15. The highest BCUT2D eigenvalue weighted by atomic mass is 16.5. The predicted octanol–water partition coefficient (Wildman–Crippen LogP) is 0.187. The summed E-state index contributed by atoms with van der Waals surface area (Å²) in [5, 5.41) is 10.1. The van der Waals surface area contributed by atoms with Gasteiger partial charge in [-0.2, -0.15) is 5.10 Å². The average molecular weight is 262 g/mol. The van der Waals surface area contributed by atoms with Gasteiger partial charge in [0, 0.05) is 32.0 Å². The van der Waals surface area contributed by atoms with Crippen molar-refractivity contribution in [3.8, 4) is 0 Å². The number of nitrogens with zero attached hydrogens (tertiary/aromatic N) is 2. The molecule has 0 atom stereocenters. The van der Waals surface area contributed by atoms with E-state index in [0.29, 0.717) is 19.7 Å². The van der Waals surface area contributed by atoms with Crippen LogP contribution in [0.25, 0.3) is 5.52 Å². The predicted molar refractivity (Wildman–Crippen MR) is 71.8 cm³/mol. The molecule has 19 heavy (non-hydrogen) atoms. The summed E-state index contributed by atoms with van der Waals surface area (Å²) in [6.45, 7) is 1.96. The Kier molecular flexibility index (Phi) is 4.88. The van der Waals surface area contributed by atoms with Crippen LogP contribution in [0.2, 0.25) is 0 Å². The minimum Gasteiger partial charge on any atom is -0.383 e. The van der Waals surface area contributed by atoms with E-state index < -0.39 is 0 Å². The Morgan fingerprint density at radius 1 is 1.47 bits per heavy atom. The maximum Gasteiger partial charge on any atom is 0.234 e. The highest BCUT2D eigenvalue weighted by molar-refractivity contribution is 5.77. The molecule has 2 heterocycles. The van der Waals surface area contributed by atoms with Gasteiger partial charge < -0.3 is 15.4 Å². The van der Waals surface area contributed by atoms with Crippen LogP contribution in [0.5, 0.6) is 0 Å². The summed E-state index contributed by atoms with van der Waals surface area (Å²) >= 11 is 0.